The number of esters is 1. The molecule has 0 saturated carbocycles. The van der Waals surface area contributed by atoms with Crippen molar-refractivity contribution in [3.05, 3.63) is 12.2 Å². The minimum atomic E-state index is -7.69. The minimum absolute atomic E-state index is 0.638. The summed E-state index contributed by atoms with van der Waals surface area (Å²) in [5.41, 5.74) is 3.85. The van der Waals surface area contributed by atoms with E-state index in [9.17, 15) is 111 Å². The lowest BCUT2D eigenvalue weighted by atomic mass is 9.76. The average Bonchev–Trinajstić information content (AvgIpc) is 2.94. The lowest BCUT2D eigenvalue weighted by Gasteiger charge is -2.39. The monoisotopic (exact) mass is 806 g/mol. The molecule has 300 valence electrons. The standard InChI is InChI=1S/C23H20F22N2O4/c1-8(2)10(48)51-9(7-46)17(47,11(49)13(24,25)3-5-15(28,29)18(32,33)20(36,37)22(40,41)42)12(50)14(26,27)4-6-16(30,31)19(34,35)21(38,39)23(43,44)45/h9H,1,3-7,46-47H2,2H3. The molecular formula is C23H20F22N2O4. The van der Waals surface area contributed by atoms with Crippen LogP contribution in [0, 0.1) is 0 Å². The van der Waals surface area contributed by atoms with Gasteiger partial charge in [0.15, 0.2) is 5.54 Å². The van der Waals surface area contributed by atoms with E-state index in [0.29, 0.717) is 6.92 Å². The molecule has 1 unspecified atom stereocenters. The first kappa shape index (κ1) is 47.9. The SMILES string of the molecule is C=C(C)C(=O)OC(CN)C(N)(C(=O)C(F)(F)CCC(F)(F)C(F)(F)C(F)(F)C(F)(F)F)C(=O)C(F)(F)CCC(F)(F)C(F)(F)C(F)(F)C(F)(F)F. The molecule has 51 heavy (non-hydrogen) atoms. The highest BCUT2D eigenvalue weighted by Gasteiger charge is 2.83. The molecule has 0 aliphatic rings. The molecule has 0 amide bonds. The van der Waals surface area contributed by atoms with E-state index in [1.54, 1.807) is 0 Å². The molecule has 6 nitrogen and oxygen atoms in total. The Morgan fingerprint density at radius 2 is 0.824 bits per heavy atom. The fourth-order valence-corrected chi connectivity index (χ4v) is 3.54. The highest BCUT2D eigenvalue weighted by molar-refractivity contribution is 6.17. The minimum Gasteiger partial charge on any atom is -0.455 e. The Labute approximate surface area is 268 Å². The Balaban J connectivity index is 7.06. The van der Waals surface area contributed by atoms with Crippen LogP contribution < -0.4 is 11.5 Å². The summed E-state index contributed by atoms with van der Waals surface area (Å²) >= 11 is 0. The molecule has 1 atom stereocenters. The van der Waals surface area contributed by atoms with Crippen molar-refractivity contribution in [1.29, 1.82) is 0 Å². The molecule has 0 aromatic rings. The van der Waals surface area contributed by atoms with E-state index >= 15 is 0 Å². The molecule has 0 aromatic heterocycles. The van der Waals surface area contributed by atoms with Crippen molar-refractivity contribution in [3.8, 4) is 0 Å². The fourth-order valence-electron chi connectivity index (χ4n) is 3.54. The zero-order valence-electron chi connectivity index (χ0n) is 24.4. The van der Waals surface area contributed by atoms with Crippen molar-refractivity contribution in [2.24, 2.45) is 11.5 Å². The number of hydrogen-bond acceptors (Lipinski definition) is 6. The summed E-state index contributed by atoms with van der Waals surface area (Å²) in [6.07, 6.45) is -32.6. The van der Waals surface area contributed by atoms with Gasteiger partial charge in [-0.15, -0.1) is 0 Å². The first-order valence-corrected chi connectivity index (χ1v) is 12.6. The van der Waals surface area contributed by atoms with Gasteiger partial charge >= 0.3 is 65.7 Å². The van der Waals surface area contributed by atoms with E-state index in [4.69, 9.17) is 11.5 Å². The van der Waals surface area contributed by atoms with Gasteiger partial charge in [-0.25, -0.2) is 4.79 Å². The van der Waals surface area contributed by atoms with E-state index in [2.05, 4.69) is 11.3 Å². The van der Waals surface area contributed by atoms with Gasteiger partial charge in [-0.1, -0.05) is 6.58 Å². The molecule has 0 bridgehead atoms. The first-order valence-electron chi connectivity index (χ1n) is 12.6. The molecule has 0 fully saturated rings. The number of alkyl halides is 22. The molecule has 0 spiro atoms. The lowest BCUT2D eigenvalue weighted by Crippen LogP contribution is -2.72. The number of carbonyl (C=O) groups is 3. The number of halogens is 22. The fraction of sp³-hybridized carbons (Fsp3) is 0.783. The van der Waals surface area contributed by atoms with E-state index in [1.165, 1.54) is 0 Å². The van der Waals surface area contributed by atoms with Crippen LogP contribution in [-0.2, 0) is 19.1 Å². The normalized spacial score (nSPS) is 15.8. The third-order valence-corrected chi connectivity index (χ3v) is 6.66. The summed E-state index contributed by atoms with van der Waals surface area (Å²) in [6.45, 7) is 1.54. The average molecular weight is 806 g/mol. The third kappa shape index (κ3) is 8.60. The predicted molar refractivity (Wildman–Crippen MR) is 121 cm³/mol. The quantitative estimate of drug-likeness (QED) is 0.0666. The topological polar surface area (TPSA) is 112 Å². The van der Waals surface area contributed by atoms with Crippen LogP contribution in [0.25, 0.3) is 0 Å². The molecule has 0 rings (SSSR count). The summed E-state index contributed by atoms with van der Waals surface area (Å²) in [5, 5.41) is 0. The number of ketones is 2. The van der Waals surface area contributed by atoms with E-state index in [-0.39, 0.29) is 0 Å². The Morgan fingerprint density at radius 1 is 0.549 bits per heavy atom. The van der Waals surface area contributed by atoms with Gasteiger partial charge in [-0.05, 0) is 6.92 Å². The molecular weight excluding hydrogens is 786 g/mol. The van der Waals surface area contributed by atoms with Crippen LogP contribution in [0.5, 0.6) is 0 Å². The summed E-state index contributed by atoms with van der Waals surface area (Å²) in [7, 11) is 0. The van der Waals surface area contributed by atoms with Crippen molar-refractivity contribution in [2.75, 3.05) is 6.54 Å². The van der Waals surface area contributed by atoms with Crippen LogP contribution in [0.4, 0.5) is 96.6 Å². The summed E-state index contributed by atoms with van der Waals surface area (Å²) < 4.78 is 299. The predicted octanol–water partition coefficient (Wildman–Crippen LogP) is 7.04. The number of ether oxygens (including phenoxy) is 1. The largest absolute Gasteiger partial charge is 0.460 e. The number of carbonyl (C=O) groups excluding carboxylic acids is 3. The maximum Gasteiger partial charge on any atom is 0.460 e. The van der Waals surface area contributed by atoms with Crippen molar-refractivity contribution in [1.82, 2.24) is 0 Å². The number of nitrogens with two attached hydrogens (primary N) is 2. The van der Waals surface area contributed by atoms with Gasteiger partial charge in [0.1, 0.15) is 6.10 Å². The van der Waals surface area contributed by atoms with Crippen LogP contribution in [0.2, 0.25) is 0 Å². The van der Waals surface area contributed by atoms with Crippen LogP contribution in [0.3, 0.4) is 0 Å². The molecule has 0 aliphatic carbocycles. The zero-order valence-corrected chi connectivity index (χ0v) is 24.4. The maximum absolute atomic E-state index is 14.9. The summed E-state index contributed by atoms with van der Waals surface area (Å²) in [4.78, 5) is 37.3. The maximum atomic E-state index is 14.9. The van der Waals surface area contributed by atoms with Gasteiger partial charge in [-0.2, -0.15) is 96.6 Å². The third-order valence-electron chi connectivity index (χ3n) is 6.66. The number of rotatable bonds is 18. The Hall–Kier alpha value is -3.07. The Bertz CT molecular complexity index is 1240. The van der Waals surface area contributed by atoms with E-state index in [0.717, 1.165) is 0 Å². The van der Waals surface area contributed by atoms with Crippen LogP contribution in [0.15, 0.2) is 12.2 Å². The second-order valence-corrected chi connectivity index (χ2v) is 10.5. The highest BCUT2D eigenvalue weighted by atomic mass is 19.4. The Kier molecular flexibility index (Phi) is 13.2. The summed E-state index contributed by atoms with van der Waals surface area (Å²) in [5.74, 6) is -66.6. The smallest absolute Gasteiger partial charge is 0.455 e. The van der Waals surface area contributed by atoms with E-state index < -0.39 is 127 Å². The van der Waals surface area contributed by atoms with Crippen molar-refractivity contribution in [2.45, 2.75) is 104 Å². The number of hydrogen-bond donors (Lipinski definition) is 2. The van der Waals surface area contributed by atoms with Crippen LogP contribution in [0.1, 0.15) is 32.6 Å². The molecule has 28 heteroatoms. The van der Waals surface area contributed by atoms with Crippen molar-refractivity contribution in [3.63, 3.8) is 0 Å². The molecule has 0 aromatic carbocycles. The molecule has 0 saturated heterocycles. The van der Waals surface area contributed by atoms with Crippen LogP contribution in [-0.4, -0.2) is 95.5 Å². The lowest BCUT2D eigenvalue weighted by molar-refractivity contribution is -0.397. The van der Waals surface area contributed by atoms with Crippen LogP contribution >= 0.6 is 0 Å². The van der Waals surface area contributed by atoms with Crippen molar-refractivity contribution >= 4 is 17.5 Å². The Morgan fingerprint density at radius 3 is 1.04 bits per heavy atom. The zero-order chi connectivity index (χ0) is 41.6. The van der Waals surface area contributed by atoms with Gasteiger partial charge in [0.25, 0.3) is 0 Å². The molecule has 0 aliphatic heterocycles. The number of Topliss-reactive ketones (excluding diaryl/α,β-unsaturated/α-hetero) is 2. The first-order chi connectivity index (χ1) is 22.0. The van der Waals surface area contributed by atoms with Gasteiger partial charge in [0, 0.05) is 37.8 Å². The van der Waals surface area contributed by atoms with Gasteiger partial charge in [0.05, 0.1) is 0 Å². The second-order valence-electron chi connectivity index (χ2n) is 10.5. The van der Waals surface area contributed by atoms with Gasteiger partial charge in [-0.3, -0.25) is 9.59 Å². The van der Waals surface area contributed by atoms with Crippen molar-refractivity contribution < 1.29 is 116 Å². The molecule has 0 heterocycles. The van der Waals surface area contributed by atoms with Gasteiger partial charge in [0.2, 0.25) is 11.6 Å². The molecule has 0 radical (unpaired) electrons. The summed E-state index contributed by atoms with van der Waals surface area (Å²) in [6, 6.07) is 0. The van der Waals surface area contributed by atoms with E-state index in [1.807, 2.05) is 0 Å². The highest BCUT2D eigenvalue weighted by Crippen LogP contribution is 2.56. The molecule has 4 N–H and O–H groups in total. The second kappa shape index (κ2) is 14.1. The van der Waals surface area contributed by atoms with Gasteiger partial charge < -0.3 is 16.2 Å².